The van der Waals surface area contributed by atoms with Crippen LogP contribution in [0.3, 0.4) is 0 Å². The zero-order valence-electron chi connectivity index (χ0n) is 17.5. The Morgan fingerprint density at radius 1 is 1.27 bits per heavy atom. The van der Waals surface area contributed by atoms with Crippen LogP contribution in [0.4, 0.5) is 0 Å². The van der Waals surface area contributed by atoms with Crippen molar-refractivity contribution >= 4 is 40.3 Å². The minimum atomic E-state index is -0.526. The molecule has 4 fully saturated rings. The molecule has 4 N–H and O–H groups in total. The van der Waals surface area contributed by atoms with Crippen LogP contribution in [-0.2, 0) is 19.1 Å². The second-order valence-corrected chi connectivity index (χ2v) is 11.1. The number of hydrogen-bond acceptors (Lipinski definition) is 7. The van der Waals surface area contributed by atoms with Gasteiger partial charge in [-0.1, -0.05) is 29.5 Å². The number of amides is 3. The molecule has 0 saturated carbocycles. The molecule has 30 heavy (non-hydrogen) atoms. The molecule has 0 aliphatic carbocycles. The van der Waals surface area contributed by atoms with Crippen molar-refractivity contribution in [3.05, 3.63) is 0 Å². The van der Waals surface area contributed by atoms with Crippen molar-refractivity contribution in [3.63, 3.8) is 0 Å². The molecule has 4 aliphatic heterocycles. The second-order valence-electron chi connectivity index (χ2n) is 9.14. The molecule has 0 bridgehead atoms. The van der Waals surface area contributed by atoms with Crippen LogP contribution in [0.25, 0.3) is 0 Å². The molecule has 0 spiro atoms. The van der Waals surface area contributed by atoms with Crippen LogP contribution in [0.1, 0.15) is 33.1 Å². The van der Waals surface area contributed by atoms with Crippen LogP contribution in [0, 0.1) is 17.8 Å². The smallest absolute Gasteiger partial charge is 0.249 e. The first-order chi connectivity index (χ1) is 14.3. The van der Waals surface area contributed by atoms with Crippen molar-refractivity contribution < 1.29 is 19.1 Å². The van der Waals surface area contributed by atoms with E-state index in [1.54, 1.807) is 4.90 Å². The zero-order valence-corrected chi connectivity index (χ0v) is 19.7. The lowest BCUT2D eigenvalue weighted by atomic mass is 9.88. The molecule has 0 aromatic heterocycles. The van der Waals surface area contributed by atoms with E-state index in [1.165, 1.54) is 0 Å². The standard InChI is InChI=1S/C20H32IN5O4/c1-10(23-20-22-6-13-8-30-9-14(13)24-20)5-12-7-26(19(29)17(12)11(2)21)15-3-4-16(27)25-18(15)28/h10-15,17,20,22-24H,3-9H2,1-2H3,(H,25,27,28). The number of hydrogen-bond donors (Lipinski definition) is 4. The van der Waals surface area contributed by atoms with Gasteiger partial charge in [0.15, 0.2) is 0 Å². The highest BCUT2D eigenvalue weighted by Gasteiger charge is 2.48. The average Bonchev–Trinajstić information content (AvgIpc) is 3.25. The molecule has 8 atom stereocenters. The molecule has 4 heterocycles. The first-order valence-corrected chi connectivity index (χ1v) is 12.2. The van der Waals surface area contributed by atoms with Crippen molar-refractivity contribution in [2.45, 2.75) is 61.4 Å². The number of ether oxygens (including phenoxy) is 1. The molecule has 4 saturated heterocycles. The van der Waals surface area contributed by atoms with Crippen LogP contribution in [0.15, 0.2) is 0 Å². The number of carbonyl (C=O) groups excluding carboxylic acids is 3. The number of carbonyl (C=O) groups is 3. The SMILES string of the molecule is CC(CC1CN(C2CCC(=O)NC2=O)C(=O)C1C(C)I)NC1NCC2COCC2N1. The minimum Gasteiger partial charge on any atom is -0.379 e. The van der Waals surface area contributed by atoms with Crippen LogP contribution >= 0.6 is 22.6 Å². The average molecular weight is 533 g/mol. The predicted molar refractivity (Wildman–Crippen MR) is 119 cm³/mol. The molecule has 4 aliphatic rings. The number of likely N-dealkylation sites (tertiary alicyclic amines) is 1. The lowest BCUT2D eigenvalue weighted by Crippen LogP contribution is -2.65. The Morgan fingerprint density at radius 3 is 2.80 bits per heavy atom. The number of nitrogens with zero attached hydrogens (tertiary/aromatic N) is 1. The van der Waals surface area contributed by atoms with Crippen molar-refractivity contribution in [1.82, 2.24) is 26.2 Å². The van der Waals surface area contributed by atoms with Gasteiger partial charge in [-0.25, -0.2) is 0 Å². The van der Waals surface area contributed by atoms with E-state index in [9.17, 15) is 14.4 Å². The summed E-state index contributed by atoms with van der Waals surface area (Å²) < 4.78 is 5.74. The van der Waals surface area contributed by atoms with Gasteiger partial charge in [-0.3, -0.25) is 35.7 Å². The summed E-state index contributed by atoms with van der Waals surface area (Å²) in [6.45, 7) is 7.27. The summed E-state index contributed by atoms with van der Waals surface area (Å²) in [5, 5.41) is 13.1. The number of piperidine rings is 1. The Kier molecular flexibility index (Phi) is 6.98. The quantitative estimate of drug-likeness (QED) is 0.208. The largest absolute Gasteiger partial charge is 0.379 e. The fourth-order valence-corrected chi connectivity index (χ4v) is 6.24. The molecule has 0 radical (unpaired) electrons. The van der Waals surface area contributed by atoms with Gasteiger partial charge in [-0.15, -0.1) is 0 Å². The molecule has 0 aromatic carbocycles. The molecule has 4 rings (SSSR count). The summed E-state index contributed by atoms with van der Waals surface area (Å²) in [6, 6.07) is 0.0577. The fraction of sp³-hybridized carbons (Fsp3) is 0.850. The van der Waals surface area contributed by atoms with E-state index >= 15 is 0 Å². The third kappa shape index (κ3) is 4.67. The van der Waals surface area contributed by atoms with Crippen molar-refractivity contribution in [2.24, 2.45) is 17.8 Å². The Labute approximate surface area is 190 Å². The Morgan fingerprint density at radius 2 is 2.07 bits per heavy atom. The van der Waals surface area contributed by atoms with Gasteiger partial charge in [0.05, 0.1) is 19.1 Å². The second kappa shape index (κ2) is 9.35. The predicted octanol–water partition coefficient (Wildman–Crippen LogP) is -0.451. The monoisotopic (exact) mass is 533 g/mol. The van der Waals surface area contributed by atoms with Crippen LogP contribution in [0.2, 0.25) is 0 Å². The van der Waals surface area contributed by atoms with Gasteiger partial charge < -0.3 is 9.64 Å². The molecular weight excluding hydrogens is 501 g/mol. The number of rotatable bonds is 6. The van der Waals surface area contributed by atoms with Crippen molar-refractivity contribution in [1.29, 1.82) is 0 Å². The van der Waals surface area contributed by atoms with Crippen LogP contribution < -0.4 is 21.3 Å². The number of alkyl halides is 1. The third-order valence-corrected chi connectivity index (χ3v) is 7.63. The van der Waals surface area contributed by atoms with E-state index in [-0.39, 0.29) is 52.2 Å². The van der Waals surface area contributed by atoms with Gasteiger partial charge in [0.1, 0.15) is 12.3 Å². The molecule has 9 nitrogen and oxygen atoms in total. The summed E-state index contributed by atoms with van der Waals surface area (Å²) in [4.78, 5) is 38.7. The summed E-state index contributed by atoms with van der Waals surface area (Å²) in [7, 11) is 0. The van der Waals surface area contributed by atoms with Crippen LogP contribution in [-0.4, -0.2) is 77.3 Å². The number of halogens is 1. The van der Waals surface area contributed by atoms with Crippen molar-refractivity contribution in [3.8, 4) is 0 Å². The summed E-state index contributed by atoms with van der Waals surface area (Å²) in [6.07, 6.45) is 1.58. The highest BCUT2D eigenvalue weighted by atomic mass is 127. The van der Waals surface area contributed by atoms with E-state index < -0.39 is 6.04 Å². The van der Waals surface area contributed by atoms with Gasteiger partial charge in [0.25, 0.3) is 0 Å². The van der Waals surface area contributed by atoms with Crippen molar-refractivity contribution in [2.75, 3.05) is 26.3 Å². The zero-order chi connectivity index (χ0) is 21.4. The maximum absolute atomic E-state index is 13.2. The summed E-state index contributed by atoms with van der Waals surface area (Å²) in [5.41, 5.74) is 0. The minimum absolute atomic E-state index is 0.0294. The van der Waals surface area contributed by atoms with E-state index in [2.05, 4.69) is 57.7 Å². The van der Waals surface area contributed by atoms with E-state index in [0.717, 1.165) is 26.2 Å². The first-order valence-electron chi connectivity index (χ1n) is 10.9. The summed E-state index contributed by atoms with van der Waals surface area (Å²) >= 11 is 2.32. The number of nitrogens with one attached hydrogen (secondary N) is 4. The van der Waals surface area contributed by atoms with E-state index in [0.29, 0.717) is 24.9 Å². The Bertz CT molecular complexity index is 692. The van der Waals surface area contributed by atoms with Gasteiger partial charge in [-0.2, -0.15) is 0 Å². The molecule has 10 heteroatoms. The molecule has 168 valence electrons. The topological polar surface area (TPSA) is 112 Å². The van der Waals surface area contributed by atoms with Gasteiger partial charge >= 0.3 is 0 Å². The molecular formula is C20H32IN5O4. The van der Waals surface area contributed by atoms with Gasteiger partial charge in [0.2, 0.25) is 17.7 Å². The molecule has 8 unspecified atom stereocenters. The maximum Gasteiger partial charge on any atom is 0.249 e. The number of imide groups is 1. The fourth-order valence-electron chi connectivity index (χ4n) is 5.34. The Hall–Kier alpha value is -0.820. The van der Waals surface area contributed by atoms with Crippen LogP contribution in [0.5, 0.6) is 0 Å². The summed E-state index contributed by atoms with van der Waals surface area (Å²) in [5.74, 6) is 0.0398. The molecule has 3 amide bonds. The maximum atomic E-state index is 13.2. The third-order valence-electron chi connectivity index (χ3n) is 6.86. The number of fused-ring (bicyclic) bond motifs is 1. The highest BCUT2D eigenvalue weighted by Crippen LogP contribution is 2.36. The van der Waals surface area contributed by atoms with Gasteiger partial charge in [0, 0.05) is 41.4 Å². The lowest BCUT2D eigenvalue weighted by Gasteiger charge is -2.36. The Balaban J connectivity index is 1.36. The highest BCUT2D eigenvalue weighted by molar-refractivity contribution is 14.1. The van der Waals surface area contributed by atoms with E-state index in [1.807, 2.05) is 0 Å². The lowest BCUT2D eigenvalue weighted by molar-refractivity contribution is -0.144. The molecule has 0 aromatic rings. The normalized spacial score (nSPS) is 39.0. The van der Waals surface area contributed by atoms with E-state index in [4.69, 9.17) is 4.74 Å². The van der Waals surface area contributed by atoms with Gasteiger partial charge in [-0.05, 0) is 25.7 Å². The first kappa shape index (κ1) is 22.4.